The first kappa shape index (κ1) is 23.3. The molecule has 2 atom stereocenters. The van der Waals surface area contributed by atoms with Crippen molar-refractivity contribution in [2.24, 2.45) is 0 Å². The smallest absolute Gasteiger partial charge is 0.255 e. The second kappa shape index (κ2) is 9.81. The van der Waals surface area contributed by atoms with Crippen LogP contribution in [0, 0.1) is 0 Å². The minimum absolute atomic E-state index is 0. The molecule has 2 aromatic rings. The molecule has 2 heterocycles. The molecule has 2 saturated heterocycles. The summed E-state index contributed by atoms with van der Waals surface area (Å²) < 4.78 is 6.28. The molecule has 0 aromatic heterocycles. The van der Waals surface area contributed by atoms with Gasteiger partial charge in [-0.1, -0.05) is 48.5 Å². The third-order valence-corrected chi connectivity index (χ3v) is 6.24. The number of hydrogen-bond acceptors (Lipinski definition) is 4. The summed E-state index contributed by atoms with van der Waals surface area (Å²) in [7, 11) is 1.68. The Hall–Kier alpha value is -2.41. The minimum Gasteiger partial charge on any atom is -0.360 e. The molecule has 7 heteroatoms. The predicted molar refractivity (Wildman–Crippen MR) is 123 cm³/mol. The van der Waals surface area contributed by atoms with Gasteiger partial charge in [-0.15, -0.1) is 12.4 Å². The summed E-state index contributed by atoms with van der Waals surface area (Å²) in [5.74, 6) is -0.00190. The van der Waals surface area contributed by atoms with Gasteiger partial charge in [-0.05, 0) is 37.5 Å². The molecule has 0 saturated carbocycles. The number of likely N-dealkylation sites (N-methyl/N-ethyl adjacent to an activating group) is 1. The number of halogens is 1. The summed E-state index contributed by atoms with van der Waals surface area (Å²) in [5.41, 5.74) is 1.52. The molecule has 31 heavy (non-hydrogen) atoms. The number of rotatable bonds is 4. The molecule has 2 amide bonds. The van der Waals surface area contributed by atoms with Gasteiger partial charge in [0.05, 0.1) is 12.1 Å². The molecule has 6 nitrogen and oxygen atoms in total. The number of nitrogens with zero attached hydrogens (tertiary/aromatic N) is 2. The molecule has 2 aliphatic heterocycles. The lowest BCUT2D eigenvalue weighted by atomic mass is 9.87. The molecule has 1 N–H and O–H groups in total. The summed E-state index contributed by atoms with van der Waals surface area (Å²) in [4.78, 5) is 29.5. The van der Waals surface area contributed by atoms with Crippen LogP contribution in [0.3, 0.4) is 0 Å². The van der Waals surface area contributed by atoms with Crippen LogP contribution in [0.15, 0.2) is 60.7 Å². The van der Waals surface area contributed by atoms with Gasteiger partial charge in [-0.3, -0.25) is 14.5 Å². The van der Waals surface area contributed by atoms with Gasteiger partial charge in [-0.2, -0.15) is 0 Å². The maximum absolute atomic E-state index is 12.8. The number of piperidine rings is 1. The lowest BCUT2D eigenvalue weighted by molar-refractivity contribution is -0.163. The van der Waals surface area contributed by atoms with Crippen LogP contribution in [0.4, 0.5) is 5.69 Å². The SMILES string of the molecule is CNC(=O)C(c1ccccc1)N1CCC2(CC1)CN(c1ccccc1)C(=O)C(C)O2.Cl. The fourth-order valence-corrected chi connectivity index (χ4v) is 4.64. The fourth-order valence-electron chi connectivity index (χ4n) is 4.64. The first-order valence-corrected chi connectivity index (χ1v) is 10.6. The maximum Gasteiger partial charge on any atom is 0.255 e. The monoisotopic (exact) mass is 443 g/mol. The molecule has 2 unspecified atom stereocenters. The van der Waals surface area contributed by atoms with Crippen LogP contribution >= 0.6 is 12.4 Å². The highest BCUT2D eigenvalue weighted by atomic mass is 35.5. The van der Waals surface area contributed by atoms with Crippen molar-refractivity contribution in [3.05, 3.63) is 66.2 Å². The van der Waals surface area contributed by atoms with Crippen LogP contribution < -0.4 is 10.2 Å². The number of nitrogens with one attached hydrogen (secondary N) is 1. The predicted octanol–water partition coefficient (Wildman–Crippen LogP) is 3.18. The van der Waals surface area contributed by atoms with Crippen LogP contribution in [0.25, 0.3) is 0 Å². The molecular weight excluding hydrogens is 414 g/mol. The molecule has 4 rings (SSSR count). The van der Waals surface area contributed by atoms with Gasteiger partial charge >= 0.3 is 0 Å². The highest BCUT2D eigenvalue weighted by Crippen LogP contribution is 2.37. The highest BCUT2D eigenvalue weighted by molar-refractivity contribution is 5.97. The average molecular weight is 444 g/mol. The second-order valence-corrected chi connectivity index (χ2v) is 8.17. The van der Waals surface area contributed by atoms with Crippen LogP contribution in [0.5, 0.6) is 0 Å². The number of anilines is 1. The Morgan fingerprint density at radius 2 is 1.65 bits per heavy atom. The van der Waals surface area contributed by atoms with E-state index in [1.54, 1.807) is 7.05 Å². The topological polar surface area (TPSA) is 61.9 Å². The number of likely N-dealkylation sites (tertiary alicyclic amines) is 1. The van der Waals surface area contributed by atoms with E-state index in [9.17, 15) is 9.59 Å². The quantitative estimate of drug-likeness (QED) is 0.788. The Kier molecular flexibility index (Phi) is 7.36. The number of carbonyl (C=O) groups is 2. The van der Waals surface area contributed by atoms with E-state index in [1.807, 2.05) is 72.5 Å². The Balaban J connectivity index is 0.00000272. The van der Waals surface area contributed by atoms with Crippen molar-refractivity contribution in [1.29, 1.82) is 0 Å². The van der Waals surface area contributed by atoms with E-state index in [0.717, 1.165) is 37.2 Å². The van der Waals surface area contributed by atoms with Gasteiger partial charge in [-0.25, -0.2) is 0 Å². The largest absolute Gasteiger partial charge is 0.360 e. The van der Waals surface area contributed by atoms with E-state index >= 15 is 0 Å². The molecule has 2 aliphatic rings. The Labute approximate surface area is 190 Å². The number of para-hydroxylation sites is 1. The van der Waals surface area contributed by atoms with E-state index < -0.39 is 6.10 Å². The fraction of sp³-hybridized carbons (Fsp3) is 0.417. The lowest BCUT2D eigenvalue weighted by Crippen LogP contribution is -2.62. The van der Waals surface area contributed by atoms with Crippen molar-refractivity contribution in [3.8, 4) is 0 Å². The van der Waals surface area contributed by atoms with Crippen molar-refractivity contribution in [2.75, 3.05) is 31.6 Å². The zero-order chi connectivity index (χ0) is 21.1. The standard InChI is InChI=1S/C24H29N3O3.ClH/c1-18-23(29)27(20-11-7-4-8-12-20)17-24(30-18)13-15-26(16-14-24)21(22(28)25-2)19-9-5-3-6-10-19;/h3-12,18,21H,13-17H2,1-2H3,(H,25,28);1H. The Morgan fingerprint density at radius 1 is 1.06 bits per heavy atom. The zero-order valence-electron chi connectivity index (χ0n) is 18.0. The van der Waals surface area contributed by atoms with Gasteiger partial charge < -0.3 is 15.0 Å². The number of ether oxygens (including phenoxy) is 1. The van der Waals surface area contributed by atoms with Crippen LogP contribution in [-0.2, 0) is 14.3 Å². The second-order valence-electron chi connectivity index (χ2n) is 8.17. The van der Waals surface area contributed by atoms with Gasteiger partial charge in [0.2, 0.25) is 5.91 Å². The lowest BCUT2D eigenvalue weighted by Gasteiger charge is -2.49. The van der Waals surface area contributed by atoms with Gasteiger partial charge in [0.15, 0.2) is 0 Å². The summed E-state index contributed by atoms with van der Waals surface area (Å²) in [6.45, 7) is 3.85. The van der Waals surface area contributed by atoms with Crippen molar-refractivity contribution in [1.82, 2.24) is 10.2 Å². The van der Waals surface area contributed by atoms with Crippen LogP contribution in [0.1, 0.15) is 31.4 Å². The Bertz CT molecular complexity index is 885. The van der Waals surface area contributed by atoms with E-state index in [0.29, 0.717) is 6.54 Å². The average Bonchev–Trinajstić information content (AvgIpc) is 2.79. The number of morpholine rings is 1. The summed E-state index contributed by atoms with van der Waals surface area (Å²) in [5, 5.41) is 2.81. The summed E-state index contributed by atoms with van der Waals surface area (Å²) in [6.07, 6.45) is 1.07. The number of amides is 2. The van der Waals surface area contributed by atoms with Crippen molar-refractivity contribution < 1.29 is 14.3 Å². The number of carbonyl (C=O) groups excluding carboxylic acids is 2. The van der Waals surface area contributed by atoms with Gasteiger partial charge in [0, 0.05) is 25.8 Å². The molecule has 2 fully saturated rings. The third-order valence-electron chi connectivity index (χ3n) is 6.24. The van der Waals surface area contributed by atoms with Gasteiger partial charge in [0.1, 0.15) is 12.1 Å². The molecule has 0 bridgehead atoms. The molecule has 0 aliphatic carbocycles. The van der Waals surface area contributed by atoms with E-state index in [1.165, 1.54) is 0 Å². The normalized spacial score (nSPS) is 21.9. The van der Waals surface area contributed by atoms with Crippen LogP contribution in [0.2, 0.25) is 0 Å². The first-order chi connectivity index (χ1) is 14.5. The summed E-state index contributed by atoms with van der Waals surface area (Å²) >= 11 is 0. The Morgan fingerprint density at radius 3 is 2.23 bits per heavy atom. The van der Waals surface area contributed by atoms with Crippen molar-refractivity contribution in [2.45, 2.75) is 37.5 Å². The molecule has 2 aromatic carbocycles. The van der Waals surface area contributed by atoms with Crippen molar-refractivity contribution >= 4 is 29.9 Å². The van der Waals surface area contributed by atoms with E-state index in [2.05, 4.69) is 10.2 Å². The van der Waals surface area contributed by atoms with Crippen LogP contribution in [-0.4, -0.2) is 55.1 Å². The first-order valence-electron chi connectivity index (χ1n) is 10.6. The molecule has 1 spiro atoms. The van der Waals surface area contributed by atoms with E-state index in [-0.39, 0.29) is 35.9 Å². The highest BCUT2D eigenvalue weighted by Gasteiger charge is 2.47. The molecular formula is C24H30ClN3O3. The van der Waals surface area contributed by atoms with Gasteiger partial charge in [0.25, 0.3) is 5.91 Å². The van der Waals surface area contributed by atoms with Crippen molar-refractivity contribution in [3.63, 3.8) is 0 Å². The summed E-state index contributed by atoms with van der Waals surface area (Å²) in [6, 6.07) is 19.4. The van der Waals surface area contributed by atoms with E-state index in [4.69, 9.17) is 4.74 Å². The zero-order valence-corrected chi connectivity index (χ0v) is 18.8. The minimum atomic E-state index is -0.477. The third kappa shape index (κ3) is 4.76. The maximum atomic E-state index is 12.8. The molecule has 166 valence electrons. The number of hydrogen-bond donors (Lipinski definition) is 1. The molecule has 0 radical (unpaired) electrons. The number of benzene rings is 2.